The topological polar surface area (TPSA) is 101 Å². The van der Waals surface area contributed by atoms with Crippen molar-refractivity contribution in [2.24, 2.45) is 5.92 Å². The monoisotopic (exact) mass is 360 g/mol. The van der Waals surface area contributed by atoms with Crippen molar-refractivity contribution in [2.75, 3.05) is 6.16 Å². The first-order valence-electron chi connectivity index (χ1n) is 7.83. The van der Waals surface area contributed by atoms with Gasteiger partial charge in [0.25, 0.3) is 7.37 Å². The van der Waals surface area contributed by atoms with E-state index in [2.05, 4.69) is 0 Å². The molecule has 3 rings (SSSR count). The Morgan fingerprint density at radius 3 is 2.32 bits per heavy atom. The number of fused-ring (bicyclic) bond motifs is 3. The third-order valence-corrected chi connectivity index (χ3v) is 6.75. The van der Waals surface area contributed by atoms with E-state index in [0.29, 0.717) is 11.1 Å². The second-order valence-electron chi connectivity index (χ2n) is 5.93. The second kappa shape index (κ2) is 6.73. The van der Waals surface area contributed by atoms with Crippen LogP contribution >= 0.6 is 7.37 Å². The largest absolute Gasteiger partial charge is 0.481 e. The number of para-hydroxylation sites is 1. The van der Waals surface area contributed by atoms with E-state index >= 15 is 0 Å². The molecule has 0 saturated heterocycles. The minimum Gasteiger partial charge on any atom is -0.481 e. The predicted molar refractivity (Wildman–Crippen MR) is 92.6 cm³/mol. The van der Waals surface area contributed by atoms with Gasteiger partial charge in [0.05, 0.1) is 17.4 Å². The average molecular weight is 360 g/mol. The molecule has 0 aromatic heterocycles. The van der Waals surface area contributed by atoms with Crippen LogP contribution in [0.15, 0.2) is 48.5 Å². The Morgan fingerprint density at radius 1 is 1.00 bits per heavy atom. The van der Waals surface area contributed by atoms with Crippen LogP contribution in [0.2, 0.25) is 0 Å². The van der Waals surface area contributed by atoms with Crippen LogP contribution < -0.4 is 9.83 Å². The second-order valence-corrected chi connectivity index (χ2v) is 8.30. The maximum absolute atomic E-state index is 13.5. The first-order valence-corrected chi connectivity index (χ1v) is 9.64. The van der Waals surface area contributed by atoms with E-state index in [1.54, 1.807) is 24.3 Å². The average Bonchev–Trinajstić information content (AvgIpc) is 2.58. The number of hydrogen-bond acceptors (Lipinski definition) is 4. The van der Waals surface area contributed by atoms with Gasteiger partial charge in [-0.1, -0.05) is 36.4 Å². The van der Waals surface area contributed by atoms with E-state index < -0.39 is 25.2 Å². The molecule has 1 aliphatic rings. The molecular formula is C18H17O6P. The lowest BCUT2D eigenvalue weighted by Crippen LogP contribution is -2.27. The molecule has 0 radical (unpaired) electrons. The molecule has 1 aliphatic heterocycles. The lowest BCUT2D eigenvalue weighted by atomic mass is 10.0. The van der Waals surface area contributed by atoms with Crippen molar-refractivity contribution in [3.63, 3.8) is 0 Å². The van der Waals surface area contributed by atoms with E-state index in [0.717, 1.165) is 11.1 Å². The van der Waals surface area contributed by atoms with Crippen LogP contribution in [0, 0.1) is 5.92 Å². The molecule has 7 heteroatoms. The van der Waals surface area contributed by atoms with Gasteiger partial charge in [-0.3, -0.25) is 14.2 Å². The van der Waals surface area contributed by atoms with E-state index in [1.807, 2.05) is 24.3 Å². The summed E-state index contributed by atoms with van der Waals surface area (Å²) in [7, 11) is -3.48. The van der Waals surface area contributed by atoms with Crippen molar-refractivity contribution in [2.45, 2.75) is 12.8 Å². The Labute approximate surface area is 144 Å². The summed E-state index contributed by atoms with van der Waals surface area (Å²) in [6.45, 7) is 0. The number of benzene rings is 2. The van der Waals surface area contributed by atoms with Crippen LogP contribution in [0.1, 0.15) is 12.8 Å². The van der Waals surface area contributed by atoms with Crippen molar-refractivity contribution in [3.8, 4) is 16.9 Å². The van der Waals surface area contributed by atoms with E-state index in [9.17, 15) is 19.3 Å². The van der Waals surface area contributed by atoms with Gasteiger partial charge in [0, 0.05) is 12.0 Å². The minimum atomic E-state index is -3.48. The molecule has 0 amide bonds. The van der Waals surface area contributed by atoms with Crippen LogP contribution in [0.25, 0.3) is 11.1 Å². The highest BCUT2D eigenvalue weighted by Gasteiger charge is 2.39. The zero-order chi connectivity index (χ0) is 18.0. The van der Waals surface area contributed by atoms with Crippen molar-refractivity contribution in [3.05, 3.63) is 48.5 Å². The van der Waals surface area contributed by atoms with Gasteiger partial charge in [-0.25, -0.2) is 0 Å². The number of carbonyl (C=O) groups is 2. The molecule has 0 aliphatic carbocycles. The molecule has 6 nitrogen and oxygen atoms in total. The number of carboxylic acid groups (broad SMARTS) is 2. The van der Waals surface area contributed by atoms with E-state index in [-0.39, 0.29) is 19.0 Å². The van der Waals surface area contributed by atoms with Crippen LogP contribution in [0.4, 0.5) is 0 Å². The van der Waals surface area contributed by atoms with Crippen LogP contribution in [0.5, 0.6) is 5.75 Å². The highest BCUT2D eigenvalue weighted by Crippen LogP contribution is 2.55. The molecule has 0 bridgehead atoms. The number of aliphatic carboxylic acids is 2. The number of carboxylic acids is 2. The molecule has 1 heterocycles. The molecule has 2 N–H and O–H groups in total. The molecule has 2 aromatic carbocycles. The smallest absolute Gasteiger partial charge is 0.307 e. The fraction of sp³-hybridized carbons (Fsp3) is 0.222. The van der Waals surface area contributed by atoms with Crippen LogP contribution in [0.3, 0.4) is 0 Å². The van der Waals surface area contributed by atoms with Crippen LogP contribution in [-0.2, 0) is 14.2 Å². The Morgan fingerprint density at radius 2 is 1.64 bits per heavy atom. The fourth-order valence-corrected chi connectivity index (χ4v) is 5.63. The molecule has 0 spiro atoms. The molecule has 0 fully saturated rings. The van der Waals surface area contributed by atoms with Gasteiger partial charge in [-0.2, -0.15) is 0 Å². The fourth-order valence-electron chi connectivity index (χ4n) is 2.99. The SMILES string of the molecule is O=C(O)CCC(CP1(=O)Oc2ccccc2-c2ccccc21)C(=O)O. The first-order chi connectivity index (χ1) is 11.9. The van der Waals surface area contributed by atoms with Gasteiger partial charge < -0.3 is 14.7 Å². The molecule has 2 aromatic rings. The summed E-state index contributed by atoms with van der Waals surface area (Å²) in [4.78, 5) is 22.3. The predicted octanol–water partition coefficient (Wildman–Crippen LogP) is 3.22. The Bertz CT molecular complexity index is 875. The molecular weight excluding hydrogens is 343 g/mol. The summed E-state index contributed by atoms with van der Waals surface area (Å²) < 4.78 is 19.3. The van der Waals surface area contributed by atoms with Gasteiger partial charge in [0.2, 0.25) is 0 Å². The molecule has 25 heavy (non-hydrogen) atoms. The highest BCUT2D eigenvalue weighted by atomic mass is 31.2. The maximum Gasteiger partial charge on any atom is 0.307 e. The third-order valence-electron chi connectivity index (χ3n) is 4.21. The molecule has 2 atom stereocenters. The summed E-state index contributed by atoms with van der Waals surface area (Å²) in [6.07, 6.45) is -0.627. The molecule has 130 valence electrons. The summed E-state index contributed by atoms with van der Waals surface area (Å²) in [5.74, 6) is -2.86. The summed E-state index contributed by atoms with van der Waals surface area (Å²) in [5, 5.41) is 18.7. The van der Waals surface area contributed by atoms with Crippen molar-refractivity contribution in [1.29, 1.82) is 0 Å². The lowest BCUT2D eigenvalue weighted by molar-refractivity contribution is -0.142. The maximum atomic E-state index is 13.5. The Kier molecular flexibility index (Phi) is 4.64. The third kappa shape index (κ3) is 3.44. The Balaban J connectivity index is 1.99. The molecule has 0 saturated carbocycles. The summed E-state index contributed by atoms with van der Waals surface area (Å²) in [6, 6.07) is 14.2. The quantitative estimate of drug-likeness (QED) is 0.767. The van der Waals surface area contributed by atoms with Crippen molar-refractivity contribution in [1.82, 2.24) is 0 Å². The Hall–Kier alpha value is -2.59. The van der Waals surface area contributed by atoms with Gasteiger partial charge in [-0.15, -0.1) is 0 Å². The normalized spacial score (nSPS) is 19.2. The highest BCUT2D eigenvalue weighted by molar-refractivity contribution is 7.67. The van der Waals surface area contributed by atoms with E-state index in [4.69, 9.17) is 9.63 Å². The zero-order valence-corrected chi connectivity index (χ0v) is 14.2. The number of hydrogen-bond donors (Lipinski definition) is 2. The minimum absolute atomic E-state index is 0.0954. The van der Waals surface area contributed by atoms with Crippen molar-refractivity contribution >= 4 is 24.6 Å². The first kappa shape index (κ1) is 17.2. The van der Waals surface area contributed by atoms with E-state index in [1.165, 1.54) is 0 Å². The van der Waals surface area contributed by atoms with Crippen LogP contribution in [-0.4, -0.2) is 28.3 Å². The summed E-state index contributed by atoms with van der Waals surface area (Å²) >= 11 is 0. The van der Waals surface area contributed by atoms with Gasteiger partial charge in [-0.05, 0) is 24.1 Å². The van der Waals surface area contributed by atoms with Gasteiger partial charge in [0.15, 0.2) is 0 Å². The van der Waals surface area contributed by atoms with Gasteiger partial charge in [0.1, 0.15) is 5.75 Å². The van der Waals surface area contributed by atoms with Crippen molar-refractivity contribution < 1.29 is 28.9 Å². The summed E-state index contributed by atoms with van der Waals surface area (Å²) in [5.41, 5.74) is 1.57. The standard InChI is InChI=1S/C18H17O6P/c19-17(20)10-9-12(18(21)22)11-25(23)16-8-4-2-6-14(16)13-5-1-3-7-15(13)24-25/h1-8,12H,9-11H2,(H,19,20)(H,21,22). The molecule has 2 unspecified atom stereocenters. The van der Waals surface area contributed by atoms with Gasteiger partial charge >= 0.3 is 11.9 Å². The number of rotatable bonds is 6. The lowest BCUT2D eigenvalue weighted by Gasteiger charge is -2.30. The zero-order valence-electron chi connectivity index (χ0n) is 13.3.